The van der Waals surface area contributed by atoms with Gasteiger partial charge in [-0.05, 0) is 18.6 Å². The number of alkyl halides is 1. The maximum Gasteiger partial charge on any atom is 0.332 e. The van der Waals surface area contributed by atoms with Gasteiger partial charge in [-0.15, -0.1) is 0 Å². The molecule has 2 saturated heterocycles. The quantitative estimate of drug-likeness (QED) is 0.797. The number of rotatable bonds is 3. The Morgan fingerprint density at radius 2 is 2.17 bits per heavy atom. The summed E-state index contributed by atoms with van der Waals surface area (Å²) in [6.07, 6.45) is -1.32. The van der Waals surface area contributed by atoms with Crippen LogP contribution in [0.3, 0.4) is 0 Å². The molecule has 23 heavy (non-hydrogen) atoms. The average molecular weight is 321 g/mol. The van der Waals surface area contributed by atoms with Crippen molar-refractivity contribution < 1.29 is 23.1 Å². The van der Waals surface area contributed by atoms with Crippen molar-refractivity contribution in [2.45, 2.75) is 25.6 Å². The van der Waals surface area contributed by atoms with Crippen LogP contribution in [0.1, 0.15) is 12.0 Å². The minimum absolute atomic E-state index is 0.0770. The van der Waals surface area contributed by atoms with Crippen molar-refractivity contribution >= 4 is 17.6 Å². The first-order chi connectivity index (χ1) is 10.9. The number of benzene rings is 1. The third kappa shape index (κ3) is 2.38. The number of halogens is 2. The van der Waals surface area contributed by atoms with Gasteiger partial charge in [0.2, 0.25) is 0 Å². The SMILES string of the molecule is Cc1cc(F)c(N2C(=O)C3CC(F)CN3C2=O)cc1OCC#N. The Labute approximate surface area is 130 Å². The molecular formula is C15H13F2N3O3. The van der Waals surface area contributed by atoms with Gasteiger partial charge in [0.1, 0.15) is 29.8 Å². The van der Waals surface area contributed by atoms with E-state index < -0.39 is 30.0 Å². The van der Waals surface area contributed by atoms with Gasteiger partial charge in [0.05, 0.1) is 12.2 Å². The van der Waals surface area contributed by atoms with Gasteiger partial charge in [-0.2, -0.15) is 5.26 Å². The van der Waals surface area contributed by atoms with Crippen molar-refractivity contribution in [2.24, 2.45) is 0 Å². The molecule has 0 aromatic heterocycles. The summed E-state index contributed by atoms with van der Waals surface area (Å²) >= 11 is 0. The number of urea groups is 1. The summed E-state index contributed by atoms with van der Waals surface area (Å²) in [4.78, 5) is 26.5. The van der Waals surface area contributed by atoms with Crippen molar-refractivity contribution in [1.29, 1.82) is 5.26 Å². The number of fused-ring (bicyclic) bond motifs is 1. The Bertz CT molecular complexity index is 707. The predicted octanol–water partition coefficient (Wildman–Crippen LogP) is 1.92. The van der Waals surface area contributed by atoms with Crippen LogP contribution in [0.5, 0.6) is 5.75 Å². The van der Waals surface area contributed by atoms with Crippen LogP contribution in [-0.2, 0) is 4.79 Å². The number of anilines is 1. The van der Waals surface area contributed by atoms with E-state index in [1.54, 1.807) is 13.0 Å². The number of hydrogen-bond acceptors (Lipinski definition) is 4. The molecule has 0 aliphatic carbocycles. The van der Waals surface area contributed by atoms with E-state index in [9.17, 15) is 18.4 Å². The first-order valence-electron chi connectivity index (χ1n) is 7.02. The molecule has 2 atom stereocenters. The Balaban J connectivity index is 1.97. The van der Waals surface area contributed by atoms with Gasteiger partial charge in [-0.3, -0.25) is 4.79 Å². The van der Waals surface area contributed by atoms with Gasteiger partial charge in [0.15, 0.2) is 6.61 Å². The molecular weight excluding hydrogens is 308 g/mol. The summed E-state index contributed by atoms with van der Waals surface area (Å²) in [5.74, 6) is -1.20. The van der Waals surface area contributed by atoms with Crippen molar-refractivity contribution in [3.63, 3.8) is 0 Å². The van der Waals surface area contributed by atoms with Crippen LogP contribution in [0.15, 0.2) is 12.1 Å². The lowest BCUT2D eigenvalue weighted by molar-refractivity contribution is -0.119. The Hall–Kier alpha value is -2.69. The van der Waals surface area contributed by atoms with E-state index in [2.05, 4.69) is 0 Å². The Morgan fingerprint density at radius 3 is 2.83 bits per heavy atom. The molecule has 6 nitrogen and oxygen atoms in total. The maximum absolute atomic E-state index is 14.2. The molecule has 2 unspecified atom stereocenters. The molecule has 120 valence electrons. The number of hydrogen-bond donors (Lipinski definition) is 0. The summed E-state index contributed by atoms with van der Waals surface area (Å²) in [6.45, 7) is 1.17. The van der Waals surface area contributed by atoms with Gasteiger partial charge in [0.25, 0.3) is 5.91 Å². The van der Waals surface area contributed by atoms with Gasteiger partial charge in [-0.1, -0.05) is 0 Å². The molecule has 1 aromatic rings. The van der Waals surface area contributed by atoms with Crippen LogP contribution in [0, 0.1) is 24.1 Å². The molecule has 0 radical (unpaired) electrons. The van der Waals surface area contributed by atoms with E-state index in [0.717, 1.165) is 11.0 Å². The maximum atomic E-state index is 14.2. The minimum atomic E-state index is -1.24. The first-order valence-corrected chi connectivity index (χ1v) is 7.02. The highest BCUT2D eigenvalue weighted by molar-refractivity contribution is 6.21. The number of nitrogens with zero attached hydrogens (tertiary/aromatic N) is 3. The first kappa shape index (κ1) is 15.2. The van der Waals surface area contributed by atoms with Crippen molar-refractivity contribution in [3.05, 3.63) is 23.5 Å². The van der Waals surface area contributed by atoms with Crippen LogP contribution < -0.4 is 9.64 Å². The van der Waals surface area contributed by atoms with Crippen LogP contribution in [0.4, 0.5) is 19.3 Å². The zero-order valence-electron chi connectivity index (χ0n) is 12.3. The molecule has 2 fully saturated rings. The standard InChI is InChI=1S/C15H13F2N3O3/c1-8-4-10(17)11(6-13(8)23-3-2-18)20-14(21)12-5-9(16)7-19(12)15(20)22/h4,6,9,12H,3,5,7H2,1H3. The molecule has 0 spiro atoms. The lowest BCUT2D eigenvalue weighted by Gasteiger charge is -2.18. The molecule has 2 aliphatic heterocycles. The molecule has 0 N–H and O–H groups in total. The largest absolute Gasteiger partial charge is 0.478 e. The summed E-state index contributed by atoms with van der Waals surface area (Å²) in [7, 11) is 0. The smallest absolute Gasteiger partial charge is 0.332 e. The Kier molecular flexibility index (Phi) is 3.64. The molecule has 2 heterocycles. The zero-order valence-corrected chi connectivity index (χ0v) is 12.3. The van der Waals surface area contributed by atoms with Crippen LogP contribution in [0.2, 0.25) is 0 Å². The number of nitriles is 1. The lowest BCUT2D eigenvalue weighted by atomic mass is 10.1. The number of ether oxygens (including phenoxy) is 1. The average Bonchev–Trinajstić information content (AvgIpc) is 2.98. The fourth-order valence-corrected chi connectivity index (χ4v) is 2.90. The van der Waals surface area contributed by atoms with Crippen LogP contribution >= 0.6 is 0 Å². The van der Waals surface area contributed by atoms with E-state index in [0.29, 0.717) is 10.5 Å². The van der Waals surface area contributed by atoms with Crippen molar-refractivity contribution in [1.82, 2.24) is 4.90 Å². The second-order valence-corrected chi connectivity index (χ2v) is 5.47. The highest BCUT2D eigenvalue weighted by atomic mass is 19.1. The van der Waals surface area contributed by atoms with Crippen LogP contribution in [-0.4, -0.2) is 42.2 Å². The molecule has 3 amide bonds. The molecule has 3 rings (SSSR count). The number of imide groups is 1. The predicted molar refractivity (Wildman–Crippen MR) is 75.1 cm³/mol. The number of carbonyl (C=O) groups excluding carboxylic acids is 2. The van der Waals surface area contributed by atoms with Gasteiger partial charge in [-0.25, -0.2) is 18.5 Å². The second-order valence-electron chi connectivity index (χ2n) is 5.47. The minimum Gasteiger partial charge on any atom is -0.478 e. The highest BCUT2D eigenvalue weighted by Crippen LogP contribution is 2.36. The van der Waals surface area contributed by atoms with Gasteiger partial charge in [0, 0.05) is 12.5 Å². The van der Waals surface area contributed by atoms with E-state index in [-0.39, 0.29) is 31.0 Å². The van der Waals surface area contributed by atoms with E-state index in [1.165, 1.54) is 6.07 Å². The molecule has 2 aliphatic rings. The van der Waals surface area contributed by atoms with Crippen molar-refractivity contribution in [2.75, 3.05) is 18.1 Å². The van der Waals surface area contributed by atoms with Gasteiger partial charge >= 0.3 is 6.03 Å². The molecule has 0 saturated carbocycles. The topological polar surface area (TPSA) is 73.6 Å². The van der Waals surface area contributed by atoms with E-state index in [4.69, 9.17) is 10.00 Å². The van der Waals surface area contributed by atoms with Gasteiger partial charge < -0.3 is 9.64 Å². The number of amides is 3. The zero-order chi connectivity index (χ0) is 16.7. The highest BCUT2D eigenvalue weighted by Gasteiger charge is 2.52. The fourth-order valence-electron chi connectivity index (χ4n) is 2.90. The molecule has 0 bridgehead atoms. The number of carbonyl (C=O) groups is 2. The van der Waals surface area contributed by atoms with E-state index >= 15 is 0 Å². The third-order valence-electron chi connectivity index (χ3n) is 3.97. The summed E-state index contributed by atoms with van der Waals surface area (Å²) < 4.78 is 32.8. The summed E-state index contributed by atoms with van der Waals surface area (Å²) in [5.41, 5.74) is 0.188. The monoisotopic (exact) mass is 321 g/mol. The van der Waals surface area contributed by atoms with Crippen LogP contribution in [0.25, 0.3) is 0 Å². The van der Waals surface area contributed by atoms with Crippen molar-refractivity contribution in [3.8, 4) is 11.8 Å². The fraction of sp³-hybridized carbons (Fsp3) is 0.400. The Morgan fingerprint density at radius 1 is 1.43 bits per heavy atom. The molecule has 1 aromatic carbocycles. The molecule has 8 heteroatoms. The lowest BCUT2D eigenvalue weighted by Crippen LogP contribution is -2.35. The van der Waals surface area contributed by atoms with E-state index in [1.807, 2.05) is 0 Å². The normalized spacial score (nSPS) is 23.2. The second kappa shape index (κ2) is 5.50. The summed E-state index contributed by atoms with van der Waals surface area (Å²) in [5, 5.41) is 8.56. The summed E-state index contributed by atoms with van der Waals surface area (Å²) in [6, 6.07) is 2.50. The number of aryl methyl sites for hydroxylation is 1. The third-order valence-corrected chi connectivity index (χ3v) is 3.97.